The van der Waals surface area contributed by atoms with Gasteiger partial charge < -0.3 is 0 Å². The number of rotatable bonds is 1. The zero-order valence-electron chi connectivity index (χ0n) is 8.04. The third-order valence-corrected chi connectivity index (χ3v) is 3.00. The highest BCUT2D eigenvalue weighted by atomic mass is 79.9. The molecule has 4 heteroatoms. The molecule has 0 bridgehead atoms. The van der Waals surface area contributed by atoms with E-state index in [0.29, 0.717) is 0 Å². The van der Waals surface area contributed by atoms with Crippen molar-refractivity contribution >= 4 is 31.9 Å². The highest BCUT2D eigenvalue weighted by Gasteiger charge is 2.03. The van der Waals surface area contributed by atoms with Gasteiger partial charge in [-0.1, -0.05) is 6.07 Å². The van der Waals surface area contributed by atoms with Crippen LogP contribution in [0.15, 0.2) is 39.7 Å². The molecule has 2 nitrogen and oxygen atoms in total. The molecule has 0 aliphatic rings. The van der Waals surface area contributed by atoms with Gasteiger partial charge in [0.1, 0.15) is 9.21 Å². The first kappa shape index (κ1) is 10.8. The van der Waals surface area contributed by atoms with Crippen LogP contribution in [0.25, 0.3) is 11.1 Å². The maximum atomic E-state index is 4.35. The van der Waals surface area contributed by atoms with E-state index in [2.05, 4.69) is 41.8 Å². The lowest BCUT2D eigenvalue weighted by Gasteiger charge is -2.05. The van der Waals surface area contributed by atoms with Crippen LogP contribution in [0.2, 0.25) is 0 Å². The van der Waals surface area contributed by atoms with Gasteiger partial charge in [-0.15, -0.1) is 0 Å². The van der Waals surface area contributed by atoms with Gasteiger partial charge in [-0.25, -0.2) is 9.97 Å². The summed E-state index contributed by atoms with van der Waals surface area (Å²) in [5.74, 6) is 0. The summed E-state index contributed by atoms with van der Waals surface area (Å²) in [5.41, 5.74) is 3.18. The molecule has 0 amide bonds. The van der Waals surface area contributed by atoms with E-state index in [9.17, 15) is 0 Å². The van der Waals surface area contributed by atoms with Gasteiger partial charge in [0.15, 0.2) is 0 Å². The smallest absolute Gasteiger partial charge is 0.106 e. The topological polar surface area (TPSA) is 25.8 Å². The van der Waals surface area contributed by atoms with Crippen LogP contribution in [-0.4, -0.2) is 9.97 Å². The normalized spacial score (nSPS) is 10.3. The monoisotopic (exact) mass is 326 g/mol. The van der Waals surface area contributed by atoms with E-state index in [4.69, 9.17) is 0 Å². The van der Waals surface area contributed by atoms with Crippen molar-refractivity contribution in [1.29, 1.82) is 0 Å². The molecule has 0 aliphatic heterocycles. The predicted molar refractivity (Wildman–Crippen MR) is 67.6 cm³/mol. The van der Waals surface area contributed by atoms with Crippen molar-refractivity contribution in [1.82, 2.24) is 9.97 Å². The van der Waals surface area contributed by atoms with Crippen LogP contribution in [0.1, 0.15) is 5.69 Å². The van der Waals surface area contributed by atoms with Crippen molar-refractivity contribution < 1.29 is 0 Å². The Morgan fingerprint density at radius 2 is 1.73 bits per heavy atom. The lowest BCUT2D eigenvalue weighted by molar-refractivity contribution is 1.16. The zero-order chi connectivity index (χ0) is 10.8. The van der Waals surface area contributed by atoms with Gasteiger partial charge in [0.05, 0.1) is 0 Å². The van der Waals surface area contributed by atoms with E-state index in [1.54, 1.807) is 0 Å². The minimum atomic E-state index is 0.842. The summed E-state index contributed by atoms with van der Waals surface area (Å²) in [7, 11) is 0. The molecule has 0 radical (unpaired) electrons. The average molecular weight is 328 g/mol. The molecule has 0 aliphatic carbocycles. The van der Waals surface area contributed by atoms with Crippen molar-refractivity contribution in [2.24, 2.45) is 0 Å². The zero-order valence-corrected chi connectivity index (χ0v) is 11.2. The van der Waals surface area contributed by atoms with Crippen molar-refractivity contribution in [3.05, 3.63) is 45.4 Å². The number of hydrogen-bond donors (Lipinski definition) is 0. The molecule has 2 rings (SSSR count). The van der Waals surface area contributed by atoms with Crippen LogP contribution in [0.5, 0.6) is 0 Å². The van der Waals surface area contributed by atoms with Crippen molar-refractivity contribution in [3.63, 3.8) is 0 Å². The molecule has 0 atom stereocenters. The first-order chi connectivity index (χ1) is 7.16. The van der Waals surface area contributed by atoms with E-state index in [-0.39, 0.29) is 0 Å². The first-order valence-electron chi connectivity index (χ1n) is 4.42. The van der Waals surface area contributed by atoms with Gasteiger partial charge in [-0.05, 0) is 57.0 Å². The van der Waals surface area contributed by atoms with E-state index < -0.39 is 0 Å². The molecular weight excluding hydrogens is 320 g/mol. The number of halogens is 2. The second-order valence-corrected chi connectivity index (χ2v) is 4.76. The predicted octanol–water partition coefficient (Wildman–Crippen LogP) is 3.98. The Balaban J connectivity index is 2.49. The molecule has 0 unspecified atom stereocenters. The highest BCUT2D eigenvalue weighted by molar-refractivity contribution is 9.10. The number of aryl methyl sites for hydroxylation is 1. The Kier molecular flexibility index (Phi) is 3.17. The fraction of sp³-hybridized carbons (Fsp3) is 0.0909. The lowest BCUT2D eigenvalue weighted by atomic mass is 10.1. The summed E-state index contributed by atoms with van der Waals surface area (Å²) in [6.07, 6.45) is 1.84. The molecule has 76 valence electrons. The summed E-state index contributed by atoms with van der Waals surface area (Å²) in [4.78, 5) is 8.55. The van der Waals surface area contributed by atoms with Gasteiger partial charge in [-0.2, -0.15) is 0 Å². The number of pyridine rings is 2. The fourth-order valence-corrected chi connectivity index (χ4v) is 2.00. The van der Waals surface area contributed by atoms with Crippen LogP contribution < -0.4 is 0 Å². The molecule has 0 spiro atoms. The average Bonchev–Trinajstić information content (AvgIpc) is 2.20. The first-order valence-corrected chi connectivity index (χ1v) is 6.00. The Morgan fingerprint density at radius 3 is 2.33 bits per heavy atom. The van der Waals surface area contributed by atoms with E-state index in [0.717, 1.165) is 26.0 Å². The van der Waals surface area contributed by atoms with Gasteiger partial charge in [0.2, 0.25) is 0 Å². The Labute approximate surface area is 105 Å². The largest absolute Gasteiger partial charge is 0.249 e. The maximum Gasteiger partial charge on any atom is 0.106 e. The Bertz CT molecular complexity index is 480. The molecule has 0 aromatic carbocycles. The molecule has 2 heterocycles. The molecular formula is C11H8Br2N2. The molecule has 2 aromatic heterocycles. The standard InChI is InChI=1S/C11H8Br2N2/c1-7-9(3-5-11(13)15-7)8-2-4-10(12)14-6-8/h2-6H,1H3. The second kappa shape index (κ2) is 4.41. The Hall–Kier alpha value is -0.740. The minimum absolute atomic E-state index is 0.842. The SMILES string of the molecule is Cc1nc(Br)ccc1-c1ccc(Br)nc1. The van der Waals surface area contributed by atoms with Gasteiger partial charge in [0, 0.05) is 23.0 Å². The van der Waals surface area contributed by atoms with Gasteiger partial charge in [-0.3, -0.25) is 0 Å². The third-order valence-electron chi connectivity index (χ3n) is 2.09. The number of hydrogen-bond acceptors (Lipinski definition) is 2. The van der Waals surface area contributed by atoms with Crippen LogP contribution in [0.4, 0.5) is 0 Å². The summed E-state index contributed by atoms with van der Waals surface area (Å²) in [5, 5.41) is 0. The Morgan fingerprint density at radius 1 is 1.00 bits per heavy atom. The lowest BCUT2D eigenvalue weighted by Crippen LogP contribution is -1.88. The van der Waals surface area contributed by atoms with Crippen molar-refractivity contribution in [2.75, 3.05) is 0 Å². The van der Waals surface area contributed by atoms with Gasteiger partial charge >= 0.3 is 0 Å². The fourth-order valence-electron chi connectivity index (χ4n) is 1.37. The molecule has 15 heavy (non-hydrogen) atoms. The van der Waals surface area contributed by atoms with E-state index in [1.807, 2.05) is 37.4 Å². The molecule has 0 N–H and O–H groups in total. The maximum absolute atomic E-state index is 4.35. The van der Waals surface area contributed by atoms with Crippen LogP contribution >= 0.6 is 31.9 Å². The number of nitrogens with zero attached hydrogens (tertiary/aromatic N) is 2. The summed E-state index contributed by atoms with van der Waals surface area (Å²) < 4.78 is 1.70. The number of aromatic nitrogens is 2. The third kappa shape index (κ3) is 2.44. The quantitative estimate of drug-likeness (QED) is 0.740. The summed E-state index contributed by atoms with van der Waals surface area (Å²) in [6, 6.07) is 7.92. The van der Waals surface area contributed by atoms with Gasteiger partial charge in [0.25, 0.3) is 0 Å². The van der Waals surface area contributed by atoms with Crippen LogP contribution in [0.3, 0.4) is 0 Å². The second-order valence-electron chi connectivity index (χ2n) is 3.14. The minimum Gasteiger partial charge on any atom is -0.249 e. The van der Waals surface area contributed by atoms with Crippen molar-refractivity contribution in [3.8, 4) is 11.1 Å². The molecule has 0 saturated heterocycles. The van der Waals surface area contributed by atoms with E-state index >= 15 is 0 Å². The molecule has 0 fully saturated rings. The summed E-state index contributed by atoms with van der Waals surface area (Å²) in [6.45, 7) is 1.99. The highest BCUT2D eigenvalue weighted by Crippen LogP contribution is 2.23. The van der Waals surface area contributed by atoms with Crippen LogP contribution in [0, 0.1) is 6.92 Å². The van der Waals surface area contributed by atoms with Crippen LogP contribution in [-0.2, 0) is 0 Å². The molecule has 0 saturated carbocycles. The van der Waals surface area contributed by atoms with E-state index in [1.165, 1.54) is 0 Å². The molecule has 2 aromatic rings. The van der Waals surface area contributed by atoms with Crippen molar-refractivity contribution in [2.45, 2.75) is 6.92 Å². The summed E-state index contributed by atoms with van der Waals surface area (Å²) >= 11 is 6.66.